The molecule has 15 heteroatoms. The number of aliphatic hydroxyl groups excluding tert-OH is 1. The zero-order valence-electron chi connectivity index (χ0n) is 47.0. The number of aromatic amines is 3. The second-order valence-corrected chi connectivity index (χ2v) is 24.2. The highest BCUT2D eigenvalue weighted by Gasteiger charge is 2.48. The predicted octanol–water partition coefficient (Wildman–Crippen LogP) is 12.8. The summed E-state index contributed by atoms with van der Waals surface area (Å²) in [6, 6.07) is 40.9. The van der Waals surface area contributed by atoms with Gasteiger partial charge in [-0.05, 0) is 70.1 Å². The Morgan fingerprint density at radius 3 is 1.05 bits per heavy atom. The van der Waals surface area contributed by atoms with Crippen molar-refractivity contribution in [3.63, 3.8) is 0 Å². The van der Waals surface area contributed by atoms with Gasteiger partial charge in [0.15, 0.2) is 11.6 Å². The zero-order valence-corrected chi connectivity index (χ0v) is 47.0. The average molecular weight is 1170 g/mol. The summed E-state index contributed by atoms with van der Waals surface area (Å²) >= 11 is 0. The van der Waals surface area contributed by atoms with E-state index in [4.69, 9.17) is 0 Å². The van der Waals surface area contributed by atoms with Crippen molar-refractivity contribution in [2.24, 2.45) is 0 Å². The largest absolute Gasteiger partial charge is 0.388 e. The smallest absolute Gasteiger partial charge is 0.166 e. The molecule has 88 heavy (non-hydrogen) atoms. The number of rotatable bonds is 6. The Kier molecular flexibility index (Phi) is 12.9. The van der Waals surface area contributed by atoms with Crippen LogP contribution in [-0.4, -0.2) is 80.0 Å². The maximum absolute atomic E-state index is 13.0. The first-order chi connectivity index (χ1) is 42.4. The maximum atomic E-state index is 13.0. The van der Waals surface area contributed by atoms with E-state index in [1.165, 1.54) is 0 Å². The molecule has 12 aromatic rings. The van der Waals surface area contributed by atoms with Crippen LogP contribution in [0.5, 0.6) is 0 Å². The molecule has 0 amide bonds. The lowest BCUT2D eigenvalue weighted by molar-refractivity contribution is -0.123. The van der Waals surface area contributed by atoms with Gasteiger partial charge in [-0.15, -0.1) is 0 Å². The van der Waals surface area contributed by atoms with Crippen LogP contribution in [0.3, 0.4) is 0 Å². The fraction of sp³-hybridized carbons (Fsp3) is 0.233. The fourth-order valence-corrected chi connectivity index (χ4v) is 15.8. The van der Waals surface area contributed by atoms with Crippen LogP contribution in [-0.2, 0) is 48.4 Å². The number of aromatic nitrogens is 6. The van der Waals surface area contributed by atoms with E-state index in [0.29, 0.717) is 50.0 Å². The number of carbonyl (C=O) groups excluding carboxylic acids is 8. The number of hydrogen-bond acceptors (Lipinski definition) is 9. The molecule has 6 aromatic heterocycles. The van der Waals surface area contributed by atoms with Crippen LogP contribution >= 0.6 is 0 Å². The molecule has 9 heterocycles. The second kappa shape index (κ2) is 20.8. The predicted molar refractivity (Wildman–Crippen MR) is 335 cm³/mol. The molecular formula is C73H60N6O9. The van der Waals surface area contributed by atoms with Crippen molar-refractivity contribution >= 4 is 112 Å². The Morgan fingerprint density at radius 1 is 0.341 bits per heavy atom. The van der Waals surface area contributed by atoms with Crippen molar-refractivity contribution in [2.75, 3.05) is 0 Å². The number of benzene rings is 6. The van der Waals surface area contributed by atoms with E-state index in [-0.39, 0.29) is 73.0 Å². The van der Waals surface area contributed by atoms with Crippen LogP contribution in [0.1, 0.15) is 147 Å². The summed E-state index contributed by atoms with van der Waals surface area (Å²) in [5.41, 5.74) is 13.3. The number of ketones is 8. The topological polar surface area (TPSA) is 219 Å². The van der Waals surface area contributed by atoms with Crippen molar-refractivity contribution in [3.05, 3.63) is 215 Å². The summed E-state index contributed by atoms with van der Waals surface area (Å²) < 4.78 is 6.28. The van der Waals surface area contributed by atoms with Gasteiger partial charge >= 0.3 is 0 Å². The van der Waals surface area contributed by atoms with E-state index in [0.717, 1.165) is 104 Å². The first-order valence-corrected chi connectivity index (χ1v) is 29.8. The minimum absolute atomic E-state index is 0. The number of H-pyrrole nitrogens is 3. The number of nitrogens with one attached hydrogen (secondary N) is 3. The first kappa shape index (κ1) is 54.5. The normalized spacial score (nSPS) is 22.2. The Bertz CT molecular complexity index is 4810. The molecule has 3 saturated carbocycles. The van der Waals surface area contributed by atoms with E-state index in [1.807, 2.05) is 165 Å². The molecule has 3 aliphatic heterocycles. The van der Waals surface area contributed by atoms with Crippen molar-refractivity contribution in [1.82, 2.24) is 28.7 Å². The van der Waals surface area contributed by atoms with Crippen molar-refractivity contribution in [3.8, 4) is 0 Å². The van der Waals surface area contributed by atoms with Crippen molar-refractivity contribution < 1.29 is 43.5 Å². The molecule has 3 aliphatic carbocycles. The molecule has 18 rings (SSSR count). The monoisotopic (exact) mass is 1160 g/mol. The summed E-state index contributed by atoms with van der Waals surface area (Å²) in [5, 5.41) is 16.2. The lowest BCUT2D eigenvalue weighted by Gasteiger charge is -2.20. The first-order valence-electron chi connectivity index (χ1n) is 29.8. The highest BCUT2D eigenvalue weighted by Crippen LogP contribution is 2.51. The number of hydrogen-bond donors (Lipinski definition) is 4. The van der Waals surface area contributed by atoms with Crippen LogP contribution in [0.2, 0.25) is 0 Å². The van der Waals surface area contributed by atoms with Gasteiger partial charge in [0.05, 0.1) is 77.4 Å². The van der Waals surface area contributed by atoms with E-state index in [2.05, 4.69) is 28.7 Å². The molecule has 6 aliphatic rings. The van der Waals surface area contributed by atoms with E-state index < -0.39 is 41.6 Å². The fourth-order valence-electron chi connectivity index (χ4n) is 15.8. The van der Waals surface area contributed by atoms with Gasteiger partial charge < -0.3 is 33.8 Å². The van der Waals surface area contributed by atoms with Crippen molar-refractivity contribution in [2.45, 2.75) is 107 Å². The van der Waals surface area contributed by atoms with Gasteiger partial charge in [0.1, 0.15) is 34.7 Å². The highest BCUT2D eigenvalue weighted by atomic mass is 16.3. The number of para-hydroxylation sites is 6. The minimum atomic E-state index is -0.520. The summed E-state index contributed by atoms with van der Waals surface area (Å²) in [7, 11) is 0. The molecule has 0 saturated heterocycles. The lowest BCUT2D eigenvalue weighted by atomic mass is 9.82. The van der Waals surface area contributed by atoms with Gasteiger partial charge in [0.2, 0.25) is 0 Å². The third-order valence-corrected chi connectivity index (χ3v) is 19.6. The molecule has 7 atom stereocenters. The molecule has 0 spiro atoms. The number of fused-ring (bicyclic) bond motifs is 3. The maximum Gasteiger partial charge on any atom is 0.166 e. The van der Waals surface area contributed by atoms with Crippen LogP contribution in [0.4, 0.5) is 0 Å². The Balaban J connectivity index is 0.000000110. The quantitative estimate of drug-likeness (QED) is 0.116. The second-order valence-electron chi connectivity index (χ2n) is 24.2. The van der Waals surface area contributed by atoms with Crippen LogP contribution in [0.25, 0.3) is 65.4 Å². The molecule has 4 N–H and O–H groups in total. The van der Waals surface area contributed by atoms with Crippen molar-refractivity contribution in [1.29, 1.82) is 0 Å². The number of aliphatic hydroxyl groups is 1. The molecule has 0 bridgehead atoms. The molecule has 3 fully saturated rings. The third-order valence-electron chi connectivity index (χ3n) is 19.6. The van der Waals surface area contributed by atoms with E-state index in [1.54, 1.807) is 0 Å². The minimum Gasteiger partial charge on any atom is -0.388 e. The zero-order chi connectivity index (χ0) is 59.1. The SMILES string of the molecule is C.O=C1CC(=O)[C@@H](c2cn3c4c(cccc24)C(O)CC3)[C@@H]1c1c[nH]c2ccccc12.O=C1CCn2cc([C@@H]3C(=O)CC(=O)[C@H]3c3c[nH]c4ccccc34)c3cccc1c32.O=C1CCn2cc([C@H]3C(=O)CC(=O)[C@@H]3c3c[nH]c4ccccc34)c3cccc1c32. The summed E-state index contributed by atoms with van der Waals surface area (Å²) in [4.78, 5) is 112. The Labute approximate surface area is 503 Å². The molecule has 0 radical (unpaired) electrons. The standard InChI is InChI=1S/C24H20N2O3.2C24H18N2O3.CH4/c3*27-19-8-9-26-12-17(14-5-3-6-15(19)24(14)26)23-21(29)10-20(28)22(23)16-11-25-18-7-2-1-4-13(16)18;/h1-7,11-12,19,22-23,25,27H,8-10H2;2*1-7,11-12,22-23,25H,8-10H2;1H4/t19?,22-,23-;2*22-,23-;/m110./s1. The Morgan fingerprint density at radius 2 is 0.659 bits per heavy atom. The summed E-state index contributed by atoms with van der Waals surface area (Å²) in [6.45, 7) is 1.93. The van der Waals surface area contributed by atoms with Gasteiger partial charge in [-0.1, -0.05) is 104 Å². The molecular weight excluding hydrogens is 1100 g/mol. The molecule has 1 unspecified atom stereocenters. The summed E-state index contributed by atoms with van der Waals surface area (Å²) in [6.07, 6.45) is 12.6. The van der Waals surface area contributed by atoms with Crippen LogP contribution < -0.4 is 0 Å². The lowest BCUT2D eigenvalue weighted by Crippen LogP contribution is -2.14. The molecule has 15 nitrogen and oxygen atoms in total. The van der Waals surface area contributed by atoms with E-state index >= 15 is 0 Å². The number of nitrogens with zero attached hydrogens (tertiary/aromatic N) is 3. The molecule has 6 aromatic carbocycles. The van der Waals surface area contributed by atoms with Gasteiger partial charge in [-0.25, -0.2) is 0 Å². The van der Waals surface area contributed by atoms with Crippen LogP contribution in [0, 0.1) is 0 Å². The average Bonchev–Trinajstić information content (AvgIpc) is 1.78. The Hall–Kier alpha value is -10.1. The highest BCUT2D eigenvalue weighted by molar-refractivity contribution is 6.19. The van der Waals surface area contributed by atoms with Gasteiger partial charge in [0, 0.05) is 135 Å². The van der Waals surface area contributed by atoms with Gasteiger partial charge in [-0.3, -0.25) is 38.4 Å². The van der Waals surface area contributed by atoms with Gasteiger partial charge in [0.25, 0.3) is 0 Å². The number of aryl methyl sites for hydroxylation is 3. The van der Waals surface area contributed by atoms with Crippen LogP contribution in [0.15, 0.2) is 165 Å². The summed E-state index contributed by atoms with van der Waals surface area (Å²) in [5.74, 6) is -2.93. The van der Waals surface area contributed by atoms with E-state index in [9.17, 15) is 43.5 Å². The number of carbonyl (C=O) groups is 8. The third kappa shape index (κ3) is 8.27. The van der Waals surface area contributed by atoms with Gasteiger partial charge in [-0.2, -0.15) is 0 Å². The number of Topliss-reactive ketones (excluding diaryl/α,β-unsaturated/α-hetero) is 8. The molecule has 436 valence electrons.